The summed E-state index contributed by atoms with van der Waals surface area (Å²) in [6, 6.07) is 17.6. The Morgan fingerprint density at radius 3 is 2.35 bits per heavy atom. The lowest BCUT2D eigenvalue weighted by molar-refractivity contribution is 0.482. The largest absolute Gasteiger partial charge is 0.457 e. The molecule has 0 fully saturated rings. The first kappa shape index (κ1) is 12.1. The van der Waals surface area contributed by atoms with Crippen LogP contribution in [0.15, 0.2) is 54.6 Å². The molecule has 0 atom stereocenters. The van der Waals surface area contributed by atoms with Crippen molar-refractivity contribution in [1.29, 1.82) is 0 Å². The third-order valence-electron chi connectivity index (χ3n) is 2.26. The van der Waals surface area contributed by atoms with E-state index in [4.69, 9.17) is 17.0 Å². The highest BCUT2D eigenvalue weighted by Crippen LogP contribution is 2.27. The number of hydrogen-bond acceptors (Lipinski definition) is 3. The van der Waals surface area contributed by atoms with E-state index in [2.05, 4.69) is 0 Å². The quantitative estimate of drug-likeness (QED) is 0.751. The van der Waals surface area contributed by atoms with E-state index in [9.17, 15) is 0 Å². The molecule has 2 aromatic rings. The van der Waals surface area contributed by atoms with Crippen molar-refractivity contribution in [3.63, 3.8) is 0 Å². The van der Waals surface area contributed by atoms with Gasteiger partial charge in [0.15, 0.2) is 0 Å². The Labute approximate surface area is 111 Å². The zero-order valence-electron chi connectivity index (χ0n) is 9.42. The number of benzene rings is 2. The topological polar surface area (TPSA) is 9.23 Å². The van der Waals surface area contributed by atoms with Crippen LogP contribution in [0, 0.1) is 0 Å². The Bertz CT molecular complexity index is 509. The first-order valence-corrected chi connectivity index (χ1v) is 6.85. The van der Waals surface area contributed by atoms with Crippen LogP contribution in [-0.4, -0.2) is 10.5 Å². The van der Waals surface area contributed by atoms with Crippen molar-refractivity contribution >= 4 is 28.2 Å². The van der Waals surface area contributed by atoms with E-state index >= 15 is 0 Å². The summed E-state index contributed by atoms with van der Waals surface area (Å²) < 4.78 is 6.68. The van der Waals surface area contributed by atoms with Crippen LogP contribution in [0.5, 0.6) is 11.5 Å². The lowest BCUT2D eigenvalue weighted by Gasteiger charge is -2.10. The Kier molecular flexibility index (Phi) is 4.18. The summed E-state index contributed by atoms with van der Waals surface area (Å²) in [5.41, 5.74) is 0.971. The van der Waals surface area contributed by atoms with Gasteiger partial charge in [0.1, 0.15) is 11.5 Å². The zero-order valence-corrected chi connectivity index (χ0v) is 11.1. The monoisotopic (exact) mass is 260 g/mol. The first-order valence-electron chi connectivity index (χ1n) is 5.21. The molecule has 86 valence electrons. The maximum absolute atomic E-state index is 5.83. The van der Waals surface area contributed by atoms with Gasteiger partial charge in [0.2, 0.25) is 0 Å². The van der Waals surface area contributed by atoms with Gasteiger partial charge in [-0.05, 0) is 30.5 Å². The van der Waals surface area contributed by atoms with E-state index in [0.29, 0.717) is 0 Å². The Morgan fingerprint density at radius 2 is 1.65 bits per heavy atom. The molecule has 0 heterocycles. The third kappa shape index (κ3) is 3.08. The predicted molar refractivity (Wildman–Crippen MR) is 78.2 cm³/mol. The number of para-hydroxylation sites is 2. The van der Waals surface area contributed by atoms with Gasteiger partial charge in [-0.15, -0.1) is 11.8 Å². The number of thiocarbonyl (C=S) groups is 1. The molecule has 2 aromatic carbocycles. The highest BCUT2D eigenvalue weighted by atomic mass is 32.2. The molecule has 0 aliphatic carbocycles. The minimum absolute atomic E-state index is 0.804. The van der Waals surface area contributed by atoms with Crippen molar-refractivity contribution in [3.8, 4) is 11.5 Å². The van der Waals surface area contributed by atoms with Gasteiger partial charge in [0.25, 0.3) is 0 Å². The van der Waals surface area contributed by atoms with Crippen LogP contribution in [0.4, 0.5) is 0 Å². The highest BCUT2D eigenvalue weighted by molar-refractivity contribution is 8.23. The predicted octanol–water partition coefficient (Wildman–Crippen LogP) is 4.52. The van der Waals surface area contributed by atoms with Crippen LogP contribution in [0.1, 0.15) is 5.56 Å². The van der Waals surface area contributed by atoms with Crippen molar-refractivity contribution in [1.82, 2.24) is 0 Å². The average molecular weight is 260 g/mol. The summed E-state index contributed by atoms with van der Waals surface area (Å²) in [5, 5.41) is 0. The van der Waals surface area contributed by atoms with Gasteiger partial charge in [0, 0.05) is 5.56 Å². The minimum Gasteiger partial charge on any atom is -0.457 e. The average Bonchev–Trinajstić information content (AvgIpc) is 2.40. The molecule has 0 aromatic heterocycles. The normalized spacial score (nSPS) is 9.94. The van der Waals surface area contributed by atoms with Crippen molar-refractivity contribution < 1.29 is 4.74 Å². The Hall–Kier alpha value is -1.32. The van der Waals surface area contributed by atoms with Gasteiger partial charge in [-0.3, -0.25) is 0 Å². The fourth-order valence-corrected chi connectivity index (χ4v) is 2.01. The maximum Gasteiger partial charge on any atom is 0.136 e. The van der Waals surface area contributed by atoms with Crippen LogP contribution >= 0.6 is 24.0 Å². The van der Waals surface area contributed by atoms with Crippen molar-refractivity contribution in [2.24, 2.45) is 0 Å². The van der Waals surface area contributed by atoms with Gasteiger partial charge in [0.05, 0.1) is 4.20 Å². The number of rotatable bonds is 3. The first-order chi connectivity index (χ1) is 8.31. The molecule has 17 heavy (non-hydrogen) atoms. The summed E-state index contributed by atoms with van der Waals surface area (Å²) in [7, 11) is 0. The molecule has 0 spiro atoms. The Balaban J connectivity index is 2.30. The van der Waals surface area contributed by atoms with Gasteiger partial charge in [-0.25, -0.2) is 0 Å². The lowest BCUT2D eigenvalue weighted by atomic mass is 10.2. The molecule has 3 heteroatoms. The third-order valence-corrected chi connectivity index (χ3v) is 3.57. The number of ether oxygens (including phenoxy) is 1. The summed E-state index contributed by atoms with van der Waals surface area (Å²) in [6.07, 6.45) is 1.97. The lowest BCUT2D eigenvalue weighted by Crippen LogP contribution is -1.95. The summed E-state index contributed by atoms with van der Waals surface area (Å²) in [5.74, 6) is 1.63. The van der Waals surface area contributed by atoms with Gasteiger partial charge in [-0.2, -0.15) is 0 Å². The van der Waals surface area contributed by atoms with Crippen LogP contribution in [0.3, 0.4) is 0 Å². The summed E-state index contributed by atoms with van der Waals surface area (Å²) in [4.78, 5) is 0. The number of thioether (sulfide) groups is 1. The molecular formula is C14H12OS2. The van der Waals surface area contributed by atoms with Crippen LogP contribution in [0.2, 0.25) is 0 Å². The molecule has 1 nitrogen and oxygen atoms in total. The van der Waals surface area contributed by atoms with Crippen molar-refractivity contribution in [2.75, 3.05) is 6.26 Å². The van der Waals surface area contributed by atoms with E-state index < -0.39 is 0 Å². The zero-order chi connectivity index (χ0) is 12.1. The molecular weight excluding hydrogens is 248 g/mol. The Morgan fingerprint density at radius 1 is 1.00 bits per heavy atom. The van der Waals surface area contributed by atoms with E-state index in [1.165, 1.54) is 0 Å². The van der Waals surface area contributed by atoms with Crippen molar-refractivity contribution in [3.05, 3.63) is 60.2 Å². The van der Waals surface area contributed by atoms with E-state index in [1.54, 1.807) is 11.8 Å². The molecule has 0 aliphatic heterocycles. The summed E-state index contributed by atoms with van der Waals surface area (Å²) >= 11 is 6.86. The number of hydrogen-bond donors (Lipinski definition) is 0. The van der Waals surface area contributed by atoms with Gasteiger partial charge in [-0.1, -0.05) is 42.5 Å². The molecule has 0 aliphatic rings. The minimum atomic E-state index is 0.804. The smallest absolute Gasteiger partial charge is 0.136 e. The van der Waals surface area contributed by atoms with Crippen LogP contribution in [-0.2, 0) is 0 Å². The van der Waals surface area contributed by atoms with Gasteiger partial charge < -0.3 is 4.74 Å². The summed E-state index contributed by atoms with van der Waals surface area (Å²) in [6.45, 7) is 0. The maximum atomic E-state index is 5.83. The van der Waals surface area contributed by atoms with E-state index in [0.717, 1.165) is 21.3 Å². The molecule has 0 saturated carbocycles. The van der Waals surface area contributed by atoms with Gasteiger partial charge >= 0.3 is 0 Å². The van der Waals surface area contributed by atoms with Crippen molar-refractivity contribution in [2.45, 2.75) is 0 Å². The molecule has 0 unspecified atom stereocenters. The SMILES string of the molecule is CSC(=S)c1ccccc1Oc1ccccc1. The van der Waals surface area contributed by atoms with E-state index in [1.807, 2.05) is 60.9 Å². The standard InChI is InChI=1S/C14H12OS2/c1-17-14(16)12-9-5-6-10-13(12)15-11-7-3-2-4-8-11/h2-10H,1H3. The van der Waals surface area contributed by atoms with Crippen LogP contribution in [0.25, 0.3) is 0 Å². The fraction of sp³-hybridized carbons (Fsp3) is 0.0714. The molecule has 0 saturated heterocycles. The molecule has 0 bridgehead atoms. The highest BCUT2D eigenvalue weighted by Gasteiger charge is 2.07. The molecule has 0 amide bonds. The second kappa shape index (κ2) is 5.84. The second-order valence-electron chi connectivity index (χ2n) is 3.40. The fourth-order valence-electron chi connectivity index (χ4n) is 1.45. The molecule has 2 rings (SSSR count). The molecule has 0 radical (unpaired) electrons. The second-order valence-corrected chi connectivity index (χ2v) is 4.89. The van der Waals surface area contributed by atoms with Crippen LogP contribution < -0.4 is 4.74 Å². The molecule has 0 N–H and O–H groups in total. The van der Waals surface area contributed by atoms with E-state index in [-0.39, 0.29) is 0 Å².